The number of anilines is 3. The molecule has 2 heterocycles. The van der Waals surface area contributed by atoms with E-state index in [-0.39, 0.29) is 0 Å². The minimum Gasteiger partial charge on any atom is -0.497 e. The lowest BCUT2D eigenvalue weighted by Crippen LogP contribution is -2.08. The zero-order chi connectivity index (χ0) is 22.5. The Kier molecular flexibility index (Phi) is 5.84. The van der Waals surface area contributed by atoms with Crippen LogP contribution in [0.4, 0.5) is 17.5 Å². The molecule has 0 bridgehead atoms. The summed E-state index contributed by atoms with van der Waals surface area (Å²) in [5.74, 6) is 1.98. The van der Waals surface area contributed by atoms with Crippen molar-refractivity contribution >= 4 is 28.6 Å². The maximum atomic E-state index is 5.26. The van der Waals surface area contributed by atoms with Gasteiger partial charge in [-0.05, 0) is 35.4 Å². The first kappa shape index (κ1) is 20.5. The minimum atomic E-state index is 0.539. The van der Waals surface area contributed by atoms with E-state index in [0.29, 0.717) is 30.4 Å². The molecular weight excluding hydrogens is 412 g/mol. The van der Waals surface area contributed by atoms with Crippen molar-refractivity contribution in [1.29, 1.82) is 0 Å². The van der Waals surface area contributed by atoms with Crippen LogP contribution in [-0.2, 0) is 13.1 Å². The summed E-state index contributed by atoms with van der Waals surface area (Å²) in [5, 5.41) is 6.75. The number of imidazole rings is 1. The van der Waals surface area contributed by atoms with Crippen molar-refractivity contribution in [3.63, 3.8) is 0 Å². The number of hydrogen-bond acceptors (Lipinski definition) is 6. The Morgan fingerprint density at radius 1 is 0.818 bits per heavy atom. The third-order valence-electron chi connectivity index (χ3n) is 5.31. The molecule has 7 nitrogen and oxygen atoms in total. The van der Waals surface area contributed by atoms with Crippen molar-refractivity contribution in [2.75, 3.05) is 17.7 Å². The van der Waals surface area contributed by atoms with Crippen molar-refractivity contribution in [3.05, 3.63) is 102 Å². The molecule has 0 aliphatic heterocycles. The number of nitrogens with zero attached hydrogens (tertiary/aromatic N) is 4. The summed E-state index contributed by atoms with van der Waals surface area (Å²) < 4.78 is 7.30. The Morgan fingerprint density at radius 2 is 1.52 bits per heavy atom. The molecule has 0 aliphatic carbocycles. The van der Waals surface area contributed by atoms with Gasteiger partial charge in [0.05, 0.1) is 20.0 Å². The van der Waals surface area contributed by atoms with Gasteiger partial charge < -0.3 is 19.9 Å². The van der Waals surface area contributed by atoms with Gasteiger partial charge >= 0.3 is 0 Å². The number of nitrogens with one attached hydrogen (secondary N) is 2. The molecule has 2 N–H and O–H groups in total. The zero-order valence-corrected chi connectivity index (χ0v) is 18.3. The average Bonchev–Trinajstić information content (AvgIpc) is 3.27. The smallest absolute Gasteiger partial charge is 0.227 e. The van der Waals surface area contributed by atoms with E-state index in [9.17, 15) is 0 Å². The lowest BCUT2D eigenvalue weighted by atomic mass is 10.2. The molecule has 3 aromatic carbocycles. The van der Waals surface area contributed by atoms with Gasteiger partial charge in [0.25, 0.3) is 0 Å². The monoisotopic (exact) mass is 436 g/mol. The average molecular weight is 437 g/mol. The molecule has 5 rings (SSSR count). The molecule has 0 spiro atoms. The summed E-state index contributed by atoms with van der Waals surface area (Å²) in [6, 6.07) is 28.2. The van der Waals surface area contributed by atoms with E-state index in [1.54, 1.807) is 7.11 Å². The number of benzene rings is 3. The van der Waals surface area contributed by atoms with Gasteiger partial charge in [-0.25, -0.2) is 4.98 Å². The fraction of sp³-hybridized carbons (Fsp3) is 0.115. The molecule has 164 valence electrons. The van der Waals surface area contributed by atoms with Crippen molar-refractivity contribution in [2.24, 2.45) is 0 Å². The highest BCUT2D eigenvalue weighted by molar-refractivity contribution is 5.86. The maximum absolute atomic E-state index is 5.26. The van der Waals surface area contributed by atoms with Crippen LogP contribution in [0.2, 0.25) is 0 Å². The Labute approximate surface area is 192 Å². The van der Waals surface area contributed by atoms with Crippen LogP contribution in [0.3, 0.4) is 0 Å². The Balaban J connectivity index is 1.50. The van der Waals surface area contributed by atoms with E-state index in [1.165, 1.54) is 5.56 Å². The van der Waals surface area contributed by atoms with Crippen LogP contribution in [-0.4, -0.2) is 26.6 Å². The zero-order valence-electron chi connectivity index (χ0n) is 18.3. The summed E-state index contributed by atoms with van der Waals surface area (Å²) >= 11 is 0. The fourth-order valence-corrected chi connectivity index (χ4v) is 3.59. The molecule has 7 heteroatoms. The summed E-state index contributed by atoms with van der Waals surface area (Å²) in [6.07, 6.45) is 1.81. The van der Waals surface area contributed by atoms with E-state index < -0.39 is 0 Å². The summed E-state index contributed by atoms with van der Waals surface area (Å²) in [5.41, 5.74) is 4.71. The Hall–Kier alpha value is -4.39. The van der Waals surface area contributed by atoms with Gasteiger partial charge in [0.15, 0.2) is 17.0 Å². The largest absolute Gasteiger partial charge is 0.497 e. The van der Waals surface area contributed by atoms with E-state index in [4.69, 9.17) is 14.7 Å². The number of rotatable bonds is 8. The molecule has 0 saturated carbocycles. The summed E-state index contributed by atoms with van der Waals surface area (Å²) in [4.78, 5) is 14.2. The predicted octanol–water partition coefficient (Wildman–Crippen LogP) is 5.24. The van der Waals surface area contributed by atoms with E-state index >= 15 is 0 Å². The first-order valence-corrected chi connectivity index (χ1v) is 10.7. The number of ether oxygens (including phenoxy) is 1. The molecule has 0 amide bonds. The third-order valence-corrected chi connectivity index (χ3v) is 5.31. The van der Waals surface area contributed by atoms with Crippen molar-refractivity contribution in [2.45, 2.75) is 13.1 Å². The number of fused-ring (bicyclic) bond motifs is 1. The quantitative estimate of drug-likeness (QED) is 0.346. The van der Waals surface area contributed by atoms with E-state index in [2.05, 4.69) is 39.9 Å². The van der Waals surface area contributed by atoms with Crippen LogP contribution in [0.1, 0.15) is 11.1 Å². The molecule has 0 aliphatic rings. The molecule has 0 radical (unpaired) electrons. The van der Waals surface area contributed by atoms with Crippen LogP contribution < -0.4 is 15.4 Å². The molecular formula is C26H24N6O. The van der Waals surface area contributed by atoms with Gasteiger partial charge in [0, 0.05) is 12.2 Å². The first-order valence-electron chi connectivity index (χ1n) is 10.7. The van der Waals surface area contributed by atoms with Gasteiger partial charge in [-0.2, -0.15) is 9.97 Å². The summed E-state index contributed by atoms with van der Waals surface area (Å²) in [7, 11) is 1.65. The summed E-state index contributed by atoms with van der Waals surface area (Å²) in [6.45, 7) is 1.30. The highest BCUT2D eigenvalue weighted by Gasteiger charge is 2.14. The molecule has 0 saturated heterocycles. The van der Waals surface area contributed by atoms with E-state index in [1.807, 2.05) is 71.6 Å². The number of hydrogen-bond donors (Lipinski definition) is 2. The van der Waals surface area contributed by atoms with Crippen LogP contribution in [0, 0.1) is 0 Å². The lowest BCUT2D eigenvalue weighted by Gasteiger charge is -2.11. The number of aromatic nitrogens is 4. The van der Waals surface area contributed by atoms with Crippen molar-refractivity contribution in [1.82, 2.24) is 19.5 Å². The second kappa shape index (κ2) is 9.40. The molecule has 5 aromatic rings. The highest BCUT2D eigenvalue weighted by Crippen LogP contribution is 2.26. The third kappa shape index (κ3) is 4.77. The van der Waals surface area contributed by atoms with Gasteiger partial charge in [-0.15, -0.1) is 0 Å². The normalized spacial score (nSPS) is 10.8. The Morgan fingerprint density at radius 3 is 2.21 bits per heavy atom. The lowest BCUT2D eigenvalue weighted by molar-refractivity contribution is 0.415. The molecule has 0 atom stereocenters. The topological polar surface area (TPSA) is 76.9 Å². The van der Waals surface area contributed by atoms with Gasteiger partial charge in [0.1, 0.15) is 5.75 Å². The first-order chi connectivity index (χ1) is 16.3. The van der Waals surface area contributed by atoms with Crippen LogP contribution in [0.25, 0.3) is 11.2 Å². The number of methoxy groups -OCH3 is 1. The van der Waals surface area contributed by atoms with Gasteiger partial charge in [0.2, 0.25) is 5.95 Å². The Bertz CT molecular complexity index is 1330. The predicted molar refractivity (Wildman–Crippen MR) is 131 cm³/mol. The van der Waals surface area contributed by atoms with Gasteiger partial charge in [-0.1, -0.05) is 60.7 Å². The fourth-order valence-electron chi connectivity index (χ4n) is 3.59. The van der Waals surface area contributed by atoms with Crippen LogP contribution in [0.15, 0.2) is 91.3 Å². The minimum absolute atomic E-state index is 0.539. The van der Waals surface area contributed by atoms with Crippen LogP contribution >= 0.6 is 0 Å². The second-order valence-electron chi connectivity index (χ2n) is 7.62. The SMILES string of the molecule is COc1ccc(Nc2nc(NCc3ccccc3)nc3c2ncn3Cc2ccccc2)cc1. The van der Waals surface area contributed by atoms with Crippen LogP contribution in [0.5, 0.6) is 5.75 Å². The molecule has 33 heavy (non-hydrogen) atoms. The molecule has 0 fully saturated rings. The van der Waals surface area contributed by atoms with Crippen molar-refractivity contribution < 1.29 is 4.74 Å². The maximum Gasteiger partial charge on any atom is 0.227 e. The van der Waals surface area contributed by atoms with Crippen molar-refractivity contribution in [3.8, 4) is 5.75 Å². The second-order valence-corrected chi connectivity index (χ2v) is 7.62. The molecule has 2 aromatic heterocycles. The van der Waals surface area contributed by atoms with Gasteiger partial charge in [-0.3, -0.25) is 0 Å². The molecule has 0 unspecified atom stereocenters. The highest BCUT2D eigenvalue weighted by atomic mass is 16.5. The standard InChI is InChI=1S/C26H24N6O/c1-33-22-14-12-21(13-15-22)29-24-23-25(32(18-28-23)17-20-10-6-3-7-11-20)31-26(30-24)27-16-19-8-4-2-5-9-19/h2-15,18H,16-17H2,1H3,(H2,27,29,30,31). The van der Waals surface area contributed by atoms with E-state index in [0.717, 1.165) is 22.6 Å².